The van der Waals surface area contributed by atoms with E-state index in [0.717, 1.165) is 51.4 Å². The third-order valence-corrected chi connectivity index (χ3v) is 15.8. The van der Waals surface area contributed by atoms with Crippen molar-refractivity contribution in [2.45, 2.75) is 379 Å². The molecule has 0 rings (SSSR count). The average Bonchev–Trinajstić information content (AvgIpc) is 3.43. The van der Waals surface area contributed by atoms with Gasteiger partial charge < -0.3 is 20.3 Å². The minimum atomic E-state index is -0.851. The molecule has 0 aliphatic rings. The second-order valence-corrected chi connectivity index (χ2v) is 23.5. The largest absolute Gasteiger partial charge is 0.465 e. The molecule has 3 N–H and O–H groups in total. The Morgan fingerprint density at radius 3 is 1.00 bits per heavy atom. The number of carbonyl (C=O) groups excluding carboxylic acids is 2. The Labute approximate surface area is 480 Å². The third kappa shape index (κ3) is 62.9. The topological polar surface area (TPSA) is 95.9 Å². The van der Waals surface area contributed by atoms with Crippen molar-refractivity contribution >= 4 is 11.9 Å². The van der Waals surface area contributed by atoms with Crippen molar-refractivity contribution in [3.63, 3.8) is 0 Å². The van der Waals surface area contributed by atoms with Crippen molar-refractivity contribution < 1.29 is 24.5 Å². The Hall–Kier alpha value is -2.18. The fraction of sp³-hybridized carbons (Fsp3) is 0.859. The van der Waals surface area contributed by atoms with Crippen LogP contribution in [0.15, 0.2) is 48.6 Å². The average molecular weight is 1080 g/mol. The number of nitrogens with one attached hydrogen (secondary N) is 1. The van der Waals surface area contributed by atoms with Crippen LogP contribution in [-0.4, -0.2) is 47.4 Å². The van der Waals surface area contributed by atoms with Crippen molar-refractivity contribution in [1.29, 1.82) is 0 Å². The standard InChI is InChI=1S/C71H133NO5/c1-3-5-7-9-11-13-15-17-19-20-21-22-23-24-25-27-30-33-36-39-43-47-51-55-59-63-69(74)68(67-73)72-70(75)64-60-56-52-48-44-40-37-34-31-28-26-29-32-35-38-42-46-50-54-58-62-66-77-71(76)65-61-57-53-49-45-41-18-16-14-12-10-8-6-4-2/h16,18,42,46,54,58-59,63,68-69,73-74H,3-15,17,19-41,43-45,47-53,55-57,60-62,64-67H2,1-2H3,(H,72,75)/b18-16-,46-42-,58-54-,63-59+. The summed E-state index contributed by atoms with van der Waals surface area (Å²) in [5.41, 5.74) is 0. The molecule has 0 aliphatic heterocycles. The Kier molecular flexibility index (Phi) is 64.5. The molecule has 2 atom stereocenters. The van der Waals surface area contributed by atoms with E-state index in [-0.39, 0.29) is 18.5 Å². The van der Waals surface area contributed by atoms with Gasteiger partial charge in [-0.05, 0) is 77.0 Å². The van der Waals surface area contributed by atoms with Crippen LogP contribution < -0.4 is 5.32 Å². The summed E-state index contributed by atoms with van der Waals surface area (Å²) >= 11 is 0. The summed E-state index contributed by atoms with van der Waals surface area (Å²) in [6, 6.07) is -0.634. The van der Waals surface area contributed by atoms with Crippen LogP contribution in [0.25, 0.3) is 0 Å². The monoisotopic (exact) mass is 1080 g/mol. The van der Waals surface area contributed by atoms with E-state index < -0.39 is 12.1 Å². The molecule has 0 fully saturated rings. The van der Waals surface area contributed by atoms with Gasteiger partial charge in [0, 0.05) is 12.8 Å². The maximum Gasteiger partial charge on any atom is 0.305 e. The number of allylic oxidation sites excluding steroid dienone is 6. The van der Waals surface area contributed by atoms with E-state index in [1.54, 1.807) is 6.08 Å². The van der Waals surface area contributed by atoms with Crippen LogP contribution in [-0.2, 0) is 14.3 Å². The van der Waals surface area contributed by atoms with E-state index in [2.05, 4.69) is 55.6 Å². The van der Waals surface area contributed by atoms with Crippen LogP contribution in [0.1, 0.15) is 367 Å². The molecule has 0 aliphatic carbocycles. The maximum atomic E-state index is 12.5. The van der Waals surface area contributed by atoms with Crippen LogP contribution in [0.4, 0.5) is 0 Å². The molecule has 0 heterocycles. The van der Waals surface area contributed by atoms with Gasteiger partial charge in [-0.1, -0.05) is 326 Å². The second-order valence-electron chi connectivity index (χ2n) is 23.5. The lowest BCUT2D eigenvalue weighted by Gasteiger charge is -2.20. The Bertz CT molecular complexity index is 1290. The number of rotatable bonds is 64. The van der Waals surface area contributed by atoms with E-state index in [1.807, 2.05) is 6.08 Å². The first-order valence-electron chi connectivity index (χ1n) is 34.4. The molecule has 2 unspecified atom stereocenters. The minimum Gasteiger partial charge on any atom is -0.465 e. The van der Waals surface area contributed by atoms with Crippen molar-refractivity contribution in [3.05, 3.63) is 48.6 Å². The first-order chi connectivity index (χ1) is 38.0. The molecule has 0 bridgehead atoms. The molecule has 6 nitrogen and oxygen atoms in total. The quantitative estimate of drug-likeness (QED) is 0.0320. The van der Waals surface area contributed by atoms with Gasteiger partial charge in [-0.3, -0.25) is 9.59 Å². The number of carbonyl (C=O) groups is 2. The summed E-state index contributed by atoms with van der Waals surface area (Å²) in [6.07, 6.45) is 86.2. The second kappa shape index (κ2) is 66.3. The molecule has 452 valence electrons. The number of hydrogen-bond acceptors (Lipinski definition) is 5. The van der Waals surface area contributed by atoms with Crippen molar-refractivity contribution in [1.82, 2.24) is 5.32 Å². The molecule has 0 spiro atoms. The molecule has 0 saturated carbocycles. The van der Waals surface area contributed by atoms with Gasteiger partial charge in [0.1, 0.15) is 0 Å². The highest BCUT2D eigenvalue weighted by atomic mass is 16.5. The van der Waals surface area contributed by atoms with Gasteiger partial charge in [-0.15, -0.1) is 0 Å². The first kappa shape index (κ1) is 74.8. The molecular weight excluding hydrogens is 947 g/mol. The van der Waals surface area contributed by atoms with Crippen LogP contribution in [0.5, 0.6) is 0 Å². The van der Waals surface area contributed by atoms with Crippen molar-refractivity contribution in [3.8, 4) is 0 Å². The lowest BCUT2D eigenvalue weighted by molar-refractivity contribution is -0.143. The lowest BCUT2D eigenvalue weighted by atomic mass is 10.0. The summed E-state index contributed by atoms with van der Waals surface area (Å²) < 4.78 is 5.41. The number of amides is 1. The highest BCUT2D eigenvalue weighted by Crippen LogP contribution is 2.18. The van der Waals surface area contributed by atoms with Crippen LogP contribution in [0, 0.1) is 0 Å². The van der Waals surface area contributed by atoms with Crippen LogP contribution in [0.3, 0.4) is 0 Å². The zero-order valence-corrected chi connectivity index (χ0v) is 51.7. The molecule has 6 heteroatoms. The molecule has 0 saturated heterocycles. The number of aliphatic hydroxyl groups is 2. The van der Waals surface area contributed by atoms with E-state index in [4.69, 9.17) is 4.74 Å². The van der Waals surface area contributed by atoms with E-state index in [0.29, 0.717) is 19.4 Å². The fourth-order valence-electron chi connectivity index (χ4n) is 10.6. The highest BCUT2D eigenvalue weighted by Gasteiger charge is 2.18. The molecular formula is C71H133NO5. The number of unbranched alkanes of at least 4 members (excludes halogenated alkanes) is 47. The maximum absolute atomic E-state index is 12.5. The fourth-order valence-corrected chi connectivity index (χ4v) is 10.6. The Balaban J connectivity index is 3.48. The Morgan fingerprint density at radius 2 is 0.649 bits per heavy atom. The number of esters is 1. The van der Waals surface area contributed by atoms with E-state index >= 15 is 0 Å². The van der Waals surface area contributed by atoms with E-state index in [9.17, 15) is 19.8 Å². The summed E-state index contributed by atoms with van der Waals surface area (Å²) in [5, 5.41) is 23.3. The zero-order chi connectivity index (χ0) is 55.7. The predicted octanol–water partition coefficient (Wildman–Crippen LogP) is 22.1. The van der Waals surface area contributed by atoms with Crippen molar-refractivity contribution in [2.75, 3.05) is 13.2 Å². The van der Waals surface area contributed by atoms with Gasteiger partial charge in [0.25, 0.3) is 0 Å². The van der Waals surface area contributed by atoms with Crippen LogP contribution in [0.2, 0.25) is 0 Å². The molecule has 0 aromatic carbocycles. The highest BCUT2D eigenvalue weighted by molar-refractivity contribution is 5.76. The number of ether oxygens (including phenoxy) is 1. The van der Waals surface area contributed by atoms with Gasteiger partial charge in [0.15, 0.2) is 0 Å². The number of aliphatic hydroxyl groups excluding tert-OH is 2. The molecule has 0 aromatic heterocycles. The van der Waals surface area contributed by atoms with Gasteiger partial charge in [0.2, 0.25) is 5.91 Å². The third-order valence-electron chi connectivity index (χ3n) is 15.8. The smallest absolute Gasteiger partial charge is 0.305 e. The Morgan fingerprint density at radius 1 is 0.364 bits per heavy atom. The lowest BCUT2D eigenvalue weighted by Crippen LogP contribution is -2.45. The summed E-state index contributed by atoms with van der Waals surface area (Å²) in [5.74, 6) is -0.114. The van der Waals surface area contributed by atoms with E-state index in [1.165, 1.54) is 289 Å². The SMILES string of the molecule is CCCCCCC/C=C\CCCCCCCC(=O)OCC/C=C\C/C=C\CCCCCCCCCCCCCCCCC(=O)NC(CO)C(O)/C=C/CCCCCCCCCCCCCCCCCCCCCCCCC. The molecule has 0 aromatic rings. The van der Waals surface area contributed by atoms with Crippen molar-refractivity contribution in [2.24, 2.45) is 0 Å². The van der Waals surface area contributed by atoms with Gasteiger partial charge >= 0.3 is 5.97 Å². The van der Waals surface area contributed by atoms with Gasteiger partial charge in [-0.2, -0.15) is 0 Å². The molecule has 1 amide bonds. The number of hydrogen-bond donors (Lipinski definition) is 3. The minimum absolute atomic E-state index is 0.0441. The van der Waals surface area contributed by atoms with Gasteiger partial charge in [0.05, 0.1) is 25.4 Å². The summed E-state index contributed by atoms with van der Waals surface area (Å²) in [6.45, 7) is 4.81. The zero-order valence-electron chi connectivity index (χ0n) is 51.7. The van der Waals surface area contributed by atoms with Crippen LogP contribution >= 0.6 is 0 Å². The summed E-state index contributed by atoms with van der Waals surface area (Å²) in [4.78, 5) is 24.6. The first-order valence-corrected chi connectivity index (χ1v) is 34.4. The molecule has 0 radical (unpaired) electrons. The predicted molar refractivity (Wildman–Crippen MR) is 338 cm³/mol. The normalized spacial score (nSPS) is 12.8. The summed E-state index contributed by atoms with van der Waals surface area (Å²) in [7, 11) is 0. The molecule has 77 heavy (non-hydrogen) atoms. The van der Waals surface area contributed by atoms with Gasteiger partial charge in [-0.25, -0.2) is 0 Å².